The number of carbonyl (C=O) groups is 1. The van der Waals surface area contributed by atoms with Crippen LogP contribution in [0.1, 0.15) is 32.1 Å². The number of methoxy groups -OCH3 is 2. The zero-order valence-electron chi connectivity index (χ0n) is 20.0. The molecule has 1 aromatic carbocycles. The highest BCUT2D eigenvalue weighted by Crippen LogP contribution is 2.32. The molecular formula is C25H35N5O3. The largest absolute Gasteiger partial charge is 0.493 e. The lowest BCUT2D eigenvalue weighted by Crippen LogP contribution is -2.47. The second kappa shape index (κ2) is 10.8. The van der Waals surface area contributed by atoms with E-state index < -0.39 is 0 Å². The lowest BCUT2D eigenvalue weighted by molar-refractivity contribution is -0.130. The third-order valence-electron chi connectivity index (χ3n) is 6.81. The minimum absolute atomic E-state index is 0.295. The van der Waals surface area contributed by atoms with Gasteiger partial charge in [0, 0.05) is 50.7 Å². The van der Waals surface area contributed by atoms with Gasteiger partial charge >= 0.3 is 0 Å². The summed E-state index contributed by atoms with van der Waals surface area (Å²) in [6, 6.07) is 10.2. The molecule has 1 unspecified atom stereocenters. The fraction of sp³-hybridized carbons (Fsp3) is 0.560. The summed E-state index contributed by atoms with van der Waals surface area (Å²) >= 11 is 0. The third-order valence-corrected chi connectivity index (χ3v) is 6.81. The van der Waals surface area contributed by atoms with Crippen molar-refractivity contribution in [1.29, 1.82) is 0 Å². The Morgan fingerprint density at radius 2 is 1.82 bits per heavy atom. The number of amides is 1. The summed E-state index contributed by atoms with van der Waals surface area (Å²) in [5.74, 6) is 2.55. The topological polar surface area (TPSA) is 71.0 Å². The van der Waals surface area contributed by atoms with Gasteiger partial charge in [-0.15, -0.1) is 10.2 Å². The van der Waals surface area contributed by atoms with Crippen molar-refractivity contribution in [3.8, 4) is 22.8 Å². The van der Waals surface area contributed by atoms with E-state index in [1.807, 2.05) is 35.2 Å². The molecule has 2 aromatic rings. The smallest absolute Gasteiger partial charge is 0.223 e. The molecule has 0 aliphatic carbocycles. The van der Waals surface area contributed by atoms with Crippen molar-refractivity contribution in [2.24, 2.45) is 0 Å². The van der Waals surface area contributed by atoms with Crippen LogP contribution < -0.4 is 14.4 Å². The lowest BCUT2D eigenvalue weighted by Gasteiger charge is -2.38. The number of likely N-dealkylation sites (tertiary alicyclic amines) is 1. The molecule has 0 radical (unpaired) electrons. The maximum atomic E-state index is 12.4. The summed E-state index contributed by atoms with van der Waals surface area (Å²) < 4.78 is 10.7. The number of hydrogen-bond donors (Lipinski definition) is 0. The van der Waals surface area contributed by atoms with Gasteiger partial charge < -0.3 is 24.2 Å². The number of aromatic nitrogens is 2. The standard InChI is InChI=1S/C25H35N5O3/c1-28(16-12-25(31)29-13-4-5-14-29)20-7-6-15-30(18-20)24-11-9-21(26-27-24)19-8-10-22(32-2)23(17-19)33-3/h8-11,17,20H,4-7,12-16,18H2,1-3H3. The minimum Gasteiger partial charge on any atom is -0.493 e. The molecule has 2 fully saturated rings. The van der Waals surface area contributed by atoms with Crippen LogP contribution in [0.2, 0.25) is 0 Å². The first-order valence-corrected chi connectivity index (χ1v) is 11.9. The van der Waals surface area contributed by atoms with Gasteiger partial charge in [0.2, 0.25) is 5.91 Å². The van der Waals surface area contributed by atoms with Crippen molar-refractivity contribution in [2.45, 2.75) is 38.1 Å². The Kier molecular flexibility index (Phi) is 7.65. The van der Waals surface area contributed by atoms with Gasteiger partial charge in [0.25, 0.3) is 0 Å². The molecule has 1 amide bonds. The number of nitrogens with zero attached hydrogens (tertiary/aromatic N) is 5. The van der Waals surface area contributed by atoms with Gasteiger partial charge in [-0.3, -0.25) is 4.79 Å². The average Bonchev–Trinajstić information content (AvgIpc) is 3.42. The van der Waals surface area contributed by atoms with Crippen LogP contribution in [0.4, 0.5) is 5.82 Å². The van der Waals surface area contributed by atoms with Gasteiger partial charge in [0.1, 0.15) is 0 Å². The maximum absolute atomic E-state index is 12.4. The zero-order chi connectivity index (χ0) is 23.2. The molecule has 8 heteroatoms. The van der Waals surface area contributed by atoms with Gasteiger partial charge in [-0.2, -0.15) is 0 Å². The molecule has 8 nitrogen and oxygen atoms in total. The second-order valence-corrected chi connectivity index (χ2v) is 8.91. The van der Waals surface area contributed by atoms with Crippen LogP contribution >= 0.6 is 0 Å². The highest BCUT2D eigenvalue weighted by molar-refractivity contribution is 5.76. The van der Waals surface area contributed by atoms with E-state index in [-0.39, 0.29) is 0 Å². The van der Waals surface area contributed by atoms with E-state index in [2.05, 4.69) is 27.0 Å². The summed E-state index contributed by atoms with van der Waals surface area (Å²) in [6.07, 6.45) is 5.14. The van der Waals surface area contributed by atoms with E-state index in [0.29, 0.717) is 29.9 Å². The van der Waals surface area contributed by atoms with E-state index in [9.17, 15) is 4.79 Å². The first-order chi connectivity index (χ1) is 16.1. The molecule has 178 valence electrons. The molecule has 1 atom stereocenters. The SMILES string of the molecule is COc1ccc(-c2ccc(N3CCCC(N(C)CCC(=O)N4CCCC4)C3)nn2)cc1OC. The first-order valence-electron chi connectivity index (χ1n) is 11.9. The second-order valence-electron chi connectivity index (χ2n) is 8.91. The molecule has 2 aliphatic rings. The van der Waals surface area contributed by atoms with E-state index in [1.165, 1.54) is 0 Å². The highest BCUT2D eigenvalue weighted by Gasteiger charge is 2.25. The first kappa shape index (κ1) is 23.3. The molecule has 1 aromatic heterocycles. The lowest BCUT2D eigenvalue weighted by atomic mass is 10.0. The van der Waals surface area contributed by atoms with Gasteiger partial charge in [-0.25, -0.2) is 0 Å². The van der Waals surface area contributed by atoms with E-state index in [4.69, 9.17) is 9.47 Å². The Balaban J connectivity index is 1.35. The van der Waals surface area contributed by atoms with Crippen LogP contribution in [0.3, 0.4) is 0 Å². The summed E-state index contributed by atoms with van der Waals surface area (Å²) in [5.41, 5.74) is 1.73. The minimum atomic E-state index is 0.295. The van der Waals surface area contributed by atoms with Crippen molar-refractivity contribution in [3.63, 3.8) is 0 Å². The van der Waals surface area contributed by atoms with Crippen LogP contribution in [0.25, 0.3) is 11.3 Å². The van der Waals surface area contributed by atoms with Crippen molar-refractivity contribution < 1.29 is 14.3 Å². The Morgan fingerprint density at radius 1 is 1.03 bits per heavy atom. The van der Waals surface area contributed by atoms with Crippen molar-refractivity contribution in [2.75, 3.05) is 58.9 Å². The van der Waals surface area contributed by atoms with E-state index >= 15 is 0 Å². The number of ether oxygens (including phenoxy) is 2. The molecule has 3 heterocycles. The number of anilines is 1. The molecule has 2 aliphatic heterocycles. The predicted octanol–water partition coefficient (Wildman–Crippen LogP) is 3.07. The number of piperidine rings is 1. The van der Waals surface area contributed by atoms with Gasteiger partial charge in [0.05, 0.1) is 19.9 Å². The Bertz CT molecular complexity index is 930. The molecule has 2 saturated heterocycles. The normalized spacial score (nSPS) is 18.6. The quantitative estimate of drug-likeness (QED) is 0.608. The molecule has 0 spiro atoms. The fourth-order valence-corrected chi connectivity index (χ4v) is 4.75. The van der Waals surface area contributed by atoms with Crippen LogP contribution in [-0.4, -0.2) is 85.9 Å². The number of likely N-dealkylation sites (N-methyl/N-ethyl adjacent to an activating group) is 1. The zero-order valence-corrected chi connectivity index (χ0v) is 20.0. The van der Waals surface area contributed by atoms with Gasteiger partial charge in [-0.05, 0) is 63.1 Å². The van der Waals surface area contributed by atoms with Crippen molar-refractivity contribution in [1.82, 2.24) is 20.0 Å². The van der Waals surface area contributed by atoms with Crippen molar-refractivity contribution >= 4 is 11.7 Å². The Morgan fingerprint density at radius 3 is 2.52 bits per heavy atom. The number of hydrogen-bond acceptors (Lipinski definition) is 7. The monoisotopic (exact) mass is 453 g/mol. The number of rotatable bonds is 8. The summed E-state index contributed by atoms with van der Waals surface area (Å²) in [4.78, 5) is 19.1. The third kappa shape index (κ3) is 5.55. The van der Waals surface area contributed by atoms with Crippen LogP contribution in [-0.2, 0) is 4.79 Å². The Labute approximate surface area is 196 Å². The number of benzene rings is 1. The van der Waals surface area contributed by atoms with E-state index in [1.54, 1.807) is 14.2 Å². The maximum Gasteiger partial charge on any atom is 0.223 e. The molecule has 0 N–H and O–H groups in total. The summed E-state index contributed by atoms with van der Waals surface area (Å²) in [5, 5.41) is 9.00. The molecular weight excluding hydrogens is 418 g/mol. The number of carbonyl (C=O) groups excluding carboxylic acids is 1. The van der Waals surface area contributed by atoms with Gasteiger partial charge in [0.15, 0.2) is 17.3 Å². The highest BCUT2D eigenvalue weighted by atomic mass is 16.5. The van der Waals surface area contributed by atoms with Crippen LogP contribution in [0.15, 0.2) is 30.3 Å². The predicted molar refractivity (Wildman–Crippen MR) is 129 cm³/mol. The summed E-state index contributed by atoms with van der Waals surface area (Å²) in [7, 11) is 5.39. The van der Waals surface area contributed by atoms with Crippen molar-refractivity contribution in [3.05, 3.63) is 30.3 Å². The molecule has 4 rings (SSSR count). The van der Waals surface area contributed by atoms with Crippen LogP contribution in [0, 0.1) is 0 Å². The molecule has 0 bridgehead atoms. The fourth-order valence-electron chi connectivity index (χ4n) is 4.75. The Hall–Kier alpha value is -2.87. The average molecular weight is 454 g/mol. The molecule has 33 heavy (non-hydrogen) atoms. The van der Waals surface area contributed by atoms with Gasteiger partial charge in [-0.1, -0.05) is 0 Å². The van der Waals surface area contributed by atoms with E-state index in [0.717, 1.165) is 75.5 Å². The molecule has 0 saturated carbocycles. The van der Waals surface area contributed by atoms with Crippen LogP contribution in [0.5, 0.6) is 11.5 Å². The summed E-state index contributed by atoms with van der Waals surface area (Å²) in [6.45, 7) is 4.54.